The lowest BCUT2D eigenvalue weighted by atomic mass is 10.0. The fourth-order valence-corrected chi connectivity index (χ4v) is 2.79. The minimum atomic E-state index is -0.887. The third-order valence-corrected chi connectivity index (χ3v) is 4.34. The Kier molecular flexibility index (Phi) is 5.12. The van der Waals surface area contributed by atoms with Gasteiger partial charge in [-0.25, -0.2) is 4.39 Å². The zero-order valence-electron chi connectivity index (χ0n) is 13.9. The van der Waals surface area contributed by atoms with Crippen LogP contribution < -0.4 is 0 Å². The van der Waals surface area contributed by atoms with Crippen LogP contribution in [0, 0.1) is 5.82 Å². The van der Waals surface area contributed by atoms with Crippen LogP contribution in [0.3, 0.4) is 0 Å². The maximum atomic E-state index is 13.8. The summed E-state index contributed by atoms with van der Waals surface area (Å²) in [6.45, 7) is 0.438. The number of nitrogens with zero attached hydrogens (tertiary/aromatic N) is 2. The second-order valence-corrected chi connectivity index (χ2v) is 5.84. The van der Waals surface area contributed by atoms with Gasteiger partial charge in [-0.15, -0.1) is 0 Å². The first kappa shape index (κ1) is 17.5. The van der Waals surface area contributed by atoms with Crippen molar-refractivity contribution >= 4 is 5.91 Å². The molecule has 134 valence electrons. The van der Waals surface area contributed by atoms with Gasteiger partial charge in [-0.3, -0.25) is 4.79 Å². The molecule has 0 aliphatic carbocycles. The van der Waals surface area contributed by atoms with E-state index in [1.807, 2.05) is 0 Å². The fraction of sp³-hybridized carbons (Fsp3) is 0.412. The van der Waals surface area contributed by atoms with Gasteiger partial charge in [0, 0.05) is 25.8 Å². The lowest BCUT2D eigenvalue weighted by Gasteiger charge is -2.38. The highest BCUT2D eigenvalue weighted by molar-refractivity contribution is 5.92. The van der Waals surface area contributed by atoms with Crippen LogP contribution in [0.25, 0.3) is 11.3 Å². The van der Waals surface area contributed by atoms with Gasteiger partial charge in [0.1, 0.15) is 23.7 Å². The van der Waals surface area contributed by atoms with Crippen LogP contribution in [0.4, 0.5) is 4.39 Å². The van der Waals surface area contributed by atoms with Gasteiger partial charge in [0.15, 0.2) is 0 Å². The molecule has 1 fully saturated rings. The van der Waals surface area contributed by atoms with Crippen LogP contribution in [-0.4, -0.2) is 66.7 Å². The highest BCUT2D eigenvalue weighted by Gasteiger charge is 2.38. The molecule has 3 atom stereocenters. The molecule has 7 nitrogen and oxygen atoms in total. The van der Waals surface area contributed by atoms with Crippen LogP contribution in [0.2, 0.25) is 0 Å². The van der Waals surface area contributed by atoms with Gasteiger partial charge in [-0.1, -0.05) is 17.3 Å². The Morgan fingerprint density at radius 3 is 2.88 bits per heavy atom. The first-order valence-corrected chi connectivity index (χ1v) is 7.80. The van der Waals surface area contributed by atoms with Crippen LogP contribution in [0.5, 0.6) is 0 Å². The number of aliphatic hydroxyl groups is 1. The Morgan fingerprint density at radius 1 is 1.40 bits per heavy atom. The third-order valence-electron chi connectivity index (χ3n) is 4.34. The third kappa shape index (κ3) is 3.41. The number of hydrogen-bond donors (Lipinski definition) is 1. The Labute approximate surface area is 143 Å². The van der Waals surface area contributed by atoms with E-state index in [1.54, 1.807) is 18.2 Å². The summed E-state index contributed by atoms with van der Waals surface area (Å²) >= 11 is 0. The highest BCUT2D eigenvalue weighted by Crippen LogP contribution is 2.24. The number of aliphatic hydroxyl groups excluding tert-OH is 1. The molecule has 0 radical (unpaired) electrons. The SMILES string of the molecule is CO[C@@H]1COC[C@@H](N(C)C(=O)c2cc(-c3ccccc3F)no2)[C@@H]1O. The summed E-state index contributed by atoms with van der Waals surface area (Å²) in [6, 6.07) is 6.87. The van der Waals surface area contributed by atoms with E-state index in [9.17, 15) is 14.3 Å². The number of carbonyl (C=O) groups excluding carboxylic acids is 1. The monoisotopic (exact) mass is 350 g/mol. The number of amides is 1. The number of likely N-dealkylation sites (N-methyl/N-ethyl adjacent to an activating group) is 1. The molecule has 2 aromatic rings. The lowest BCUT2D eigenvalue weighted by molar-refractivity contribution is -0.135. The van der Waals surface area contributed by atoms with Crippen molar-refractivity contribution in [2.45, 2.75) is 18.2 Å². The summed E-state index contributed by atoms with van der Waals surface area (Å²) in [6.07, 6.45) is -1.40. The lowest BCUT2D eigenvalue weighted by Crippen LogP contribution is -2.56. The molecule has 0 unspecified atom stereocenters. The number of rotatable bonds is 4. The standard InChI is InChI=1S/C17H19FN2O5/c1-20(13-8-24-9-15(23-2)16(13)21)17(22)14-7-12(19-25-14)10-5-3-4-6-11(10)18/h3-7,13,15-16,21H,8-9H2,1-2H3/t13-,15-,16+/m1/s1. The van der Waals surface area contributed by atoms with E-state index < -0.39 is 30.0 Å². The van der Waals surface area contributed by atoms with Crippen molar-refractivity contribution in [3.63, 3.8) is 0 Å². The van der Waals surface area contributed by atoms with Crippen LogP contribution >= 0.6 is 0 Å². The van der Waals surface area contributed by atoms with E-state index in [2.05, 4.69) is 5.16 Å². The van der Waals surface area contributed by atoms with Crippen molar-refractivity contribution in [2.75, 3.05) is 27.4 Å². The number of carbonyl (C=O) groups is 1. The summed E-state index contributed by atoms with van der Waals surface area (Å²) in [4.78, 5) is 13.9. The average molecular weight is 350 g/mol. The predicted octanol–water partition coefficient (Wildman–Crippen LogP) is 1.33. The zero-order chi connectivity index (χ0) is 18.0. The number of ether oxygens (including phenoxy) is 2. The van der Waals surface area contributed by atoms with Crippen LogP contribution in [0.1, 0.15) is 10.6 Å². The van der Waals surface area contributed by atoms with E-state index in [0.29, 0.717) is 0 Å². The van der Waals surface area contributed by atoms with Crippen LogP contribution in [-0.2, 0) is 9.47 Å². The Hall–Kier alpha value is -2.29. The van der Waals surface area contributed by atoms with Crippen molar-refractivity contribution in [2.24, 2.45) is 0 Å². The maximum absolute atomic E-state index is 13.8. The molecule has 1 aromatic carbocycles. The zero-order valence-corrected chi connectivity index (χ0v) is 13.9. The van der Waals surface area contributed by atoms with Crippen molar-refractivity contribution in [1.29, 1.82) is 0 Å². The number of methoxy groups -OCH3 is 1. The van der Waals surface area contributed by atoms with E-state index >= 15 is 0 Å². The molecule has 1 aliphatic heterocycles. The number of halogens is 1. The molecule has 1 N–H and O–H groups in total. The molecule has 8 heteroatoms. The maximum Gasteiger partial charge on any atom is 0.292 e. The molecule has 1 aromatic heterocycles. The fourth-order valence-electron chi connectivity index (χ4n) is 2.79. The molecule has 3 rings (SSSR count). The number of benzene rings is 1. The Morgan fingerprint density at radius 2 is 2.16 bits per heavy atom. The summed E-state index contributed by atoms with van der Waals surface area (Å²) in [5, 5.41) is 14.1. The molecule has 0 spiro atoms. The molecule has 0 bridgehead atoms. The summed E-state index contributed by atoms with van der Waals surface area (Å²) in [7, 11) is 3.00. The molecule has 2 heterocycles. The van der Waals surface area contributed by atoms with Crippen molar-refractivity contribution in [1.82, 2.24) is 10.1 Å². The highest BCUT2D eigenvalue weighted by atomic mass is 19.1. The van der Waals surface area contributed by atoms with Gasteiger partial charge < -0.3 is 24.0 Å². The smallest absolute Gasteiger partial charge is 0.292 e. The van der Waals surface area contributed by atoms with Gasteiger partial charge >= 0.3 is 0 Å². The molecule has 25 heavy (non-hydrogen) atoms. The van der Waals surface area contributed by atoms with E-state index in [-0.39, 0.29) is 30.2 Å². The van der Waals surface area contributed by atoms with Crippen molar-refractivity contribution in [3.05, 3.63) is 41.9 Å². The largest absolute Gasteiger partial charge is 0.388 e. The van der Waals surface area contributed by atoms with Gasteiger partial charge in [-0.05, 0) is 12.1 Å². The second kappa shape index (κ2) is 7.30. The predicted molar refractivity (Wildman–Crippen MR) is 85.4 cm³/mol. The van der Waals surface area contributed by atoms with Gasteiger partial charge in [0.25, 0.3) is 5.91 Å². The quantitative estimate of drug-likeness (QED) is 0.895. The summed E-state index contributed by atoms with van der Waals surface area (Å²) in [5.74, 6) is -0.992. The average Bonchev–Trinajstić information content (AvgIpc) is 3.11. The van der Waals surface area contributed by atoms with Gasteiger partial charge in [0.05, 0.1) is 19.3 Å². The number of hydrogen-bond acceptors (Lipinski definition) is 6. The van der Waals surface area contributed by atoms with E-state index in [4.69, 9.17) is 14.0 Å². The summed E-state index contributed by atoms with van der Waals surface area (Å²) < 4.78 is 29.4. The van der Waals surface area contributed by atoms with E-state index in [0.717, 1.165) is 0 Å². The molecule has 1 amide bonds. The molecule has 1 saturated heterocycles. The molecule has 1 aliphatic rings. The summed E-state index contributed by atoms with van der Waals surface area (Å²) in [5.41, 5.74) is 0.471. The topological polar surface area (TPSA) is 85.0 Å². The van der Waals surface area contributed by atoms with Crippen molar-refractivity contribution in [3.8, 4) is 11.3 Å². The van der Waals surface area contributed by atoms with Crippen LogP contribution in [0.15, 0.2) is 34.9 Å². The number of aromatic nitrogens is 1. The molecule has 0 saturated carbocycles. The molecular weight excluding hydrogens is 331 g/mol. The normalized spacial score (nSPS) is 23.4. The minimum Gasteiger partial charge on any atom is -0.388 e. The van der Waals surface area contributed by atoms with Gasteiger partial charge in [0.2, 0.25) is 5.76 Å². The van der Waals surface area contributed by atoms with Gasteiger partial charge in [-0.2, -0.15) is 0 Å². The first-order chi connectivity index (χ1) is 12.0. The molecular formula is C17H19FN2O5. The first-order valence-electron chi connectivity index (χ1n) is 7.80. The van der Waals surface area contributed by atoms with E-state index in [1.165, 1.54) is 31.2 Å². The Bertz CT molecular complexity index is 750. The minimum absolute atomic E-state index is 0.0486. The van der Waals surface area contributed by atoms with Crippen molar-refractivity contribution < 1.29 is 28.3 Å². The second-order valence-electron chi connectivity index (χ2n) is 5.84. The Balaban J connectivity index is 1.78.